The van der Waals surface area contributed by atoms with Gasteiger partial charge in [-0.15, -0.1) is 11.8 Å². The second-order valence-corrected chi connectivity index (χ2v) is 7.19. The number of benzene rings is 1. The highest BCUT2D eigenvalue weighted by atomic mass is 32.2. The van der Waals surface area contributed by atoms with Crippen LogP contribution in [0.5, 0.6) is 0 Å². The summed E-state index contributed by atoms with van der Waals surface area (Å²) in [6.07, 6.45) is 0.0134. The molecule has 5 heteroatoms. The van der Waals surface area contributed by atoms with E-state index in [1.807, 2.05) is 45.9 Å². The number of aliphatic carboxylic acids is 1. The summed E-state index contributed by atoms with van der Waals surface area (Å²) in [6, 6.07) is 7.62. The van der Waals surface area contributed by atoms with Crippen molar-refractivity contribution >= 4 is 23.4 Å². The number of carboxylic acid groups (broad SMARTS) is 1. The number of carbonyl (C=O) groups is 1. The molecule has 0 fully saturated rings. The van der Waals surface area contributed by atoms with Crippen LogP contribution in [0.2, 0.25) is 0 Å². The van der Waals surface area contributed by atoms with Gasteiger partial charge in [0.25, 0.3) is 0 Å². The predicted molar refractivity (Wildman–Crippen MR) is 86.7 cm³/mol. The van der Waals surface area contributed by atoms with E-state index in [-0.39, 0.29) is 17.9 Å². The van der Waals surface area contributed by atoms with Crippen LogP contribution in [-0.4, -0.2) is 22.9 Å². The van der Waals surface area contributed by atoms with Gasteiger partial charge in [-0.25, -0.2) is 0 Å². The number of nitrogens with zero attached hydrogens (tertiary/aromatic N) is 1. The molecule has 1 atom stereocenters. The number of thioether (sulfide) groups is 1. The molecule has 0 aliphatic rings. The summed E-state index contributed by atoms with van der Waals surface area (Å²) in [4.78, 5) is 12.0. The zero-order chi connectivity index (χ0) is 16.0. The fourth-order valence-electron chi connectivity index (χ4n) is 1.98. The van der Waals surface area contributed by atoms with E-state index in [2.05, 4.69) is 11.4 Å². The zero-order valence-corrected chi connectivity index (χ0v) is 13.8. The van der Waals surface area contributed by atoms with Gasteiger partial charge in [-0.1, -0.05) is 33.8 Å². The van der Waals surface area contributed by atoms with Crippen LogP contribution in [0.3, 0.4) is 0 Å². The van der Waals surface area contributed by atoms with Crippen molar-refractivity contribution in [1.82, 2.24) is 0 Å². The maximum atomic E-state index is 11.1. The number of nitriles is 1. The molecule has 1 aromatic carbocycles. The van der Waals surface area contributed by atoms with Crippen LogP contribution in [0.4, 0.5) is 5.69 Å². The first-order valence-electron chi connectivity index (χ1n) is 6.93. The number of hydrogen-bond donors (Lipinski definition) is 2. The van der Waals surface area contributed by atoms with Gasteiger partial charge in [-0.2, -0.15) is 5.26 Å². The molecule has 0 saturated heterocycles. The Hall–Kier alpha value is -1.67. The van der Waals surface area contributed by atoms with E-state index in [1.54, 1.807) is 11.8 Å². The molecule has 114 valence electrons. The molecule has 1 rings (SSSR count). The van der Waals surface area contributed by atoms with E-state index in [9.17, 15) is 10.1 Å². The predicted octanol–water partition coefficient (Wildman–Crippen LogP) is 3.97. The molecule has 0 bridgehead atoms. The first-order chi connectivity index (χ1) is 9.79. The van der Waals surface area contributed by atoms with Crippen LogP contribution in [0.1, 0.15) is 39.7 Å². The normalized spacial score (nSPS) is 12.5. The third-order valence-corrected chi connectivity index (χ3v) is 4.13. The molecule has 21 heavy (non-hydrogen) atoms. The van der Waals surface area contributed by atoms with Crippen molar-refractivity contribution in [2.75, 3.05) is 11.1 Å². The van der Waals surface area contributed by atoms with Gasteiger partial charge in [0.2, 0.25) is 0 Å². The second kappa shape index (κ2) is 7.37. The van der Waals surface area contributed by atoms with Crippen molar-refractivity contribution in [3.63, 3.8) is 0 Å². The number of nitrogens with one attached hydrogen (secondary N) is 1. The van der Waals surface area contributed by atoms with Crippen LogP contribution in [0, 0.1) is 16.7 Å². The topological polar surface area (TPSA) is 73.1 Å². The van der Waals surface area contributed by atoms with Crippen molar-refractivity contribution in [2.24, 2.45) is 5.41 Å². The molecule has 0 saturated carbocycles. The molecule has 0 spiro atoms. The average Bonchev–Trinajstić information content (AvgIpc) is 2.37. The molecule has 0 amide bonds. The molecule has 0 aliphatic carbocycles. The lowest BCUT2D eigenvalue weighted by molar-refractivity contribution is -0.137. The third-order valence-electron chi connectivity index (χ3n) is 3.19. The lowest BCUT2D eigenvalue weighted by Crippen LogP contribution is -2.36. The quantitative estimate of drug-likeness (QED) is 0.778. The first kappa shape index (κ1) is 17.4. The van der Waals surface area contributed by atoms with E-state index in [1.165, 1.54) is 0 Å². The SMILES string of the molecule is CCSc1cccc(NC(CC(=O)O)C(C)(C)C)c1C#N. The number of carboxylic acids is 1. The summed E-state index contributed by atoms with van der Waals surface area (Å²) in [5.41, 5.74) is 1.07. The largest absolute Gasteiger partial charge is 0.481 e. The summed E-state index contributed by atoms with van der Waals surface area (Å²) in [6.45, 7) is 8.01. The maximum Gasteiger partial charge on any atom is 0.305 e. The molecule has 2 N–H and O–H groups in total. The Kier molecular flexibility index (Phi) is 6.10. The van der Waals surface area contributed by atoms with Crippen LogP contribution in [0.25, 0.3) is 0 Å². The van der Waals surface area contributed by atoms with Crippen molar-refractivity contribution in [3.8, 4) is 6.07 Å². The van der Waals surface area contributed by atoms with Crippen LogP contribution in [-0.2, 0) is 4.79 Å². The summed E-state index contributed by atoms with van der Waals surface area (Å²) in [5.74, 6) is 0.0377. The Balaban J connectivity index is 3.12. The Morgan fingerprint density at radius 3 is 2.62 bits per heavy atom. The Bertz CT molecular complexity index is 544. The fraction of sp³-hybridized carbons (Fsp3) is 0.500. The van der Waals surface area contributed by atoms with E-state index < -0.39 is 5.97 Å². The molecular formula is C16H22N2O2S. The highest BCUT2D eigenvalue weighted by Crippen LogP contribution is 2.31. The van der Waals surface area contributed by atoms with E-state index >= 15 is 0 Å². The van der Waals surface area contributed by atoms with Crippen LogP contribution in [0.15, 0.2) is 23.1 Å². The van der Waals surface area contributed by atoms with E-state index in [0.717, 1.165) is 10.6 Å². The Morgan fingerprint density at radius 2 is 2.14 bits per heavy atom. The number of anilines is 1. The van der Waals surface area contributed by atoms with Gasteiger partial charge in [0.1, 0.15) is 6.07 Å². The van der Waals surface area contributed by atoms with Gasteiger partial charge >= 0.3 is 5.97 Å². The minimum atomic E-state index is -0.847. The van der Waals surface area contributed by atoms with Gasteiger partial charge in [-0.3, -0.25) is 4.79 Å². The monoisotopic (exact) mass is 306 g/mol. The van der Waals surface area contributed by atoms with Gasteiger partial charge in [-0.05, 0) is 23.3 Å². The highest BCUT2D eigenvalue weighted by molar-refractivity contribution is 7.99. The van der Waals surface area contributed by atoms with Crippen molar-refractivity contribution in [3.05, 3.63) is 23.8 Å². The van der Waals surface area contributed by atoms with Gasteiger partial charge in [0.15, 0.2) is 0 Å². The lowest BCUT2D eigenvalue weighted by atomic mass is 9.84. The maximum absolute atomic E-state index is 11.1. The van der Waals surface area contributed by atoms with Gasteiger partial charge in [0, 0.05) is 10.9 Å². The van der Waals surface area contributed by atoms with E-state index in [4.69, 9.17) is 5.11 Å². The summed E-state index contributed by atoms with van der Waals surface area (Å²) in [7, 11) is 0. The molecule has 4 nitrogen and oxygen atoms in total. The molecule has 0 radical (unpaired) electrons. The summed E-state index contributed by atoms with van der Waals surface area (Å²) in [5, 5.41) is 21.7. The van der Waals surface area contributed by atoms with Crippen LogP contribution < -0.4 is 5.32 Å². The van der Waals surface area contributed by atoms with Crippen molar-refractivity contribution in [2.45, 2.75) is 45.1 Å². The third kappa shape index (κ3) is 4.98. The Morgan fingerprint density at radius 1 is 1.48 bits per heavy atom. The minimum Gasteiger partial charge on any atom is -0.481 e. The second-order valence-electron chi connectivity index (χ2n) is 5.88. The summed E-state index contributed by atoms with van der Waals surface area (Å²) >= 11 is 1.61. The van der Waals surface area contributed by atoms with Gasteiger partial charge in [0.05, 0.1) is 17.7 Å². The average molecular weight is 306 g/mol. The molecular weight excluding hydrogens is 284 g/mol. The fourth-order valence-corrected chi connectivity index (χ4v) is 2.76. The molecule has 1 aromatic rings. The van der Waals surface area contributed by atoms with Crippen molar-refractivity contribution < 1.29 is 9.90 Å². The summed E-state index contributed by atoms with van der Waals surface area (Å²) < 4.78 is 0. The van der Waals surface area contributed by atoms with E-state index in [0.29, 0.717) is 11.3 Å². The molecule has 0 aromatic heterocycles. The standard InChI is InChI=1S/C16H22N2O2S/c1-5-21-13-8-6-7-12(11(13)10-17)18-14(9-15(19)20)16(2,3)4/h6-8,14,18H,5,9H2,1-4H3,(H,19,20). The highest BCUT2D eigenvalue weighted by Gasteiger charge is 2.27. The number of hydrogen-bond acceptors (Lipinski definition) is 4. The first-order valence-corrected chi connectivity index (χ1v) is 7.92. The molecule has 0 aliphatic heterocycles. The number of rotatable bonds is 6. The smallest absolute Gasteiger partial charge is 0.305 e. The van der Waals surface area contributed by atoms with Gasteiger partial charge < -0.3 is 10.4 Å². The zero-order valence-electron chi connectivity index (χ0n) is 12.9. The van der Waals surface area contributed by atoms with Crippen molar-refractivity contribution in [1.29, 1.82) is 5.26 Å². The lowest BCUT2D eigenvalue weighted by Gasteiger charge is -2.31. The minimum absolute atomic E-state index is 0.0134. The Labute approximate surface area is 130 Å². The van der Waals surface area contributed by atoms with Crippen LogP contribution >= 0.6 is 11.8 Å². The molecule has 0 heterocycles. The molecule has 1 unspecified atom stereocenters.